The van der Waals surface area contributed by atoms with Crippen LogP contribution in [0.2, 0.25) is 0 Å². The molecule has 1 aromatic carbocycles. The number of Topliss-reactive ketones (excluding diaryl/α,β-unsaturated/α-hetero) is 1. The number of halogens is 2. The van der Waals surface area contributed by atoms with E-state index in [9.17, 15) is 9.90 Å². The van der Waals surface area contributed by atoms with Crippen LogP contribution in [-0.2, 0) is 14.3 Å². The molecule has 0 radical (unpaired) electrons. The molecule has 0 fully saturated rings. The number of para-hydroxylation sites is 1. The minimum Gasteiger partial charge on any atom is -0.491 e. The number of nitrogens with one attached hydrogen (secondary N) is 1. The number of carbonyl (C=O) groups excluding carboxylic acids is 1. The molecule has 148 valence electrons. The molecule has 0 bridgehead atoms. The number of hydrogen-bond donors (Lipinski definition) is 2. The molecule has 6 nitrogen and oxygen atoms in total. The number of carbonyl (C=O) groups is 1. The summed E-state index contributed by atoms with van der Waals surface area (Å²) >= 11 is 12.8. The van der Waals surface area contributed by atoms with E-state index >= 15 is 0 Å². The Hall–Kier alpha value is -1.57. The Bertz CT molecular complexity index is 705. The summed E-state index contributed by atoms with van der Waals surface area (Å²) < 4.78 is 16.5. The van der Waals surface area contributed by atoms with E-state index < -0.39 is 22.5 Å². The van der Waals surface area contributed by atoms with Gasteiger partial charge in [-0.2, -0.15) is 0 Å². The fourth-order valence-corrected chi connectivity index (χ4v) is 3.85. The first kappa shape index (κ1) is 21.7. The third-order valence-electron chi connectivity index (χ3n) is 4.33. The maximum atomic E-state index is 12.7. The zero-order valence-electron chi connectivity index (χ0n) is 15.2. The van der Waals surface area contributed by atoms with Crippen LogP contribution in [0, 0.1) is 0 Å². The van der Waals surface area contributed by atoms with E-state index in [1.807, 2.05) is 18.2 Å². The first-order chi connectivity index (χ1) is 12.9. The molecule has 1 aliphatic rings. The van der Waals surface area contributed by atoms with Crippen molar-refractivity contribution in [1.82, 2.24) is 5.32 Å². The van der Waals surface area contributed by atoms with Gasteiger partial charge in [0, 0.05) is 20.8 Å². The molecule has 2 atom stereocenters. The molecule has 0 aromatic heterocycles. The minimum atomic E-state index is -1.63. The van der Waals surface area contributed by atoms with Gasteiger partial charge in [0.15, 0.2) is 4.87 Å². The van der Waals surface area contributed by atoms with Gasteiger partial charge >= 0.3 is 0 Å². The van der Waals surface area contributed by atoms with Crippen molar-refractivity contribution in [3.63, 3.8) is 0 Å². The summed E-state index contributed by atoms with van der Waals surface area (Å²) in [6.45, 7) is 3.72. The number of allylic oxidation sites excluding steroid dienone is 2. The second kappa shape index (κ2) is 9.08. The highest BCUT2D eigenvalue weighted by atomic mass is 35.5. The average Bonchev–Trinajstić information content (AvgIpc) is 2.84. The molecule has 0 saturated carbocycles. The molecule has 8 heteroatoms. The Morgan fingerprint density at radius 3 is 2.48 bits per heavy atom. The van der Waals surface area contributed by atoms with Crippen LogP contribution in [0.25, 0.3) is 0 Å². The van der Waals surface area contributed by atoms with E-state index in [-0.39, 0.29) is 30.3 Å². The number of aliphatic hydroxyl groups excluding tert-OH is 1. The summed E-state index contributed by atoms with van der Waals surface area (Å²) in [6.07, 6.45) is 0.692. The number of alkyl halides is 1. The highest BCUT2D eigenvalue weighted by molar-refractivity contribution is 6.53. The summed E-state index contributed by atoms with van der Waals surface area (Å²) in [7, 11) is 2.73. The van der Waals surface area contributed by atoms with Crippen molar-refractivity contribution in [3.8, 4) is 5.75 Å². The quantitative estimate of drug-likeness (QED) is 0.347. The molecule has 0 unspecified atom stereocenters. The standard InChI is InChI=1S/C19H23Cl2NO5/c1-4-10-18(21)17(24)15(20)16(19(18,25-2)26-3)22-11-13(23)12-27-14-8-6-5-7-9-14/h4-9,13,22-23H,1,10-12H2,2-3H3/t13-,18+/m0/s1. The second-order valence-electron chi connectivity index (χ2n) is 6.00. The van der Waals surface area contributed by atoms with E-state index in [0.717, 1.165) is 0 Å². The number of ketones is 1. The van der Waals surface area contributed by atoms with Crippen LogP contribution in [0.1, 0.15) is 6.42 Å². The van der Waals surface area contributed by atoms with Gasteiger partial charge in [0.25, 0.3) is 0 Å². The van der Waals surface area contributed by atoms with Crippen molar-refractivity contribution in [3.05, 3.63) is 53.7 Å². The lowest BCUT2D eigenvalue weighted by Crippen LogP contribution is -2.57. The molecule has 2 N–H and O–H groups in total. The van der Waals surface area contributed by atoms with E-state index in [2.05, 4.69) is 11.9 Å². The highest BCUT2D eigenvalue weighted by Gasteiger charge is 2.65. The van der Waals surface area contributed by atoms with Crippen LogP contribution < -0.4 is 10.1 Å². The summed E-state index contributed by atoms with van der Waals surface area (Å²) in [5, 5.41) is 13.0. The van der Waals surface area contributed by atoms with Crippen LogP contribution in [0.5, 0.6) is 5.75 Å². The third-order valence-corrected chi connectivity index (χ3v) is 5.27. The molecule has 1 aromatic rings. The number of aliphatic hydroxyl groups is 1. The second-order valence-corrected chi connectivity index (χ2v) is 7.02. The molecular weight excluding hydrogens is 393 g/mol. The van der Waals surface area contributed by atoms with Crippen LogP contribution >= 0.6 is 23.2 Å². The van der Waals surface area contributed by atoms with Crippen molar-refractivity contribution >= 4 is 29.0 Å². The van der Waals surface area contributed by atoms with Crippen LogP contribution in [0.4, 0.5) is 0 Å². The largest absolute Gasteiger partial charge is 0.491 e. The molecule has 1 aliphatic carbocycles. The molecular formula is C19H23Cl2NO5. The maximum Gasteiger partial charge on any atom is 0.238 e. The van der Waals surface area contributed by atoms with Gasteiger partial charge in [-0.3, -0.25) is 4.79 Å². The maximum absolute atomic E-state index is 12.7. The van der Waals surface area contributed by atoms with Gasteiger partial charge in [-0.25, -0.2) is 0 Å². The third kappa shape index (κ3) is 4.00. The van der Waals surface area contributed by atoms with Crippen LogP contribution in [-0.4, -0.2) is 55.0 Å². The summed E-state index contributed by atoms with van der Waals surface area (Å²) in [4.78, 5) is 11.1. The number of hydrogen-bond acceptors (Lipinski definition) is 6. The molecule has 2 rings (SSSR count). The van der Waals surface area contributed by atoms with Crippen LogP contribution in [0.3, 0.4) is 0 Å². The van der Waals surface area contributed by atoms with Gasteiger partial charge in [0.2, 0.25) is 11.6 Å². The van der Waals surface area contributed by atoms with E-state index in [1.165, 1.54) is 20.3 Å². The van der Waals surface area contributed by atoms with E-state index in [1.54, 1.807) is 12.1 Å². The molecule has 0 saturated heterocycles. The van der Waals surface area contributed by atoms with Crippen molar-refractivity contribution in [2.45, 2.75) is 23.2 Å². The number of ether oxygens (including phenoxy) is 3. The topological polar surface area (TPSA) is 77.0 Å². The lowest BCUT2D eigenvalue weighted by atomic mass is 9.93. The van der Waals surface area contributed by atoms with Crippen molar-refractivity contribution in [2.75, 3.05) is 27.4 Å². The number of benzene rings is 1. The normalized spacial score (nSPS) is 22.6. The Morgan fingerprint density at radius 2 is 1.93 bits per heavy atom. The lowest BCUT2D eigenvalue weighted by Gasteiger charge is -2.39. The lowest BCUT2D eigenvalue weighted by molar-refractivity contribution is -0.199. The predicted molar refractivity (Wildman–Crippen MR) is 104 cm³/mol. The van der Waals surface area contributed by atoms with Gasteiger partial charge in [-0.05, 0) is 18.6 Å². The Labute approximate surface area is 168 Å². The van der Waals surface area contributed by atoms with Crippen LogP contribution in [0.15, 0.2) is 53.7 Å². The number of methoxy groups -OCH3 is 2. The average molecular weight is 416 g/mol. The van der Waals surface area contributed by atoms with Gasteiger partial charge < -0.3 is 24.6 Å². The first-order valence-electron chi connectivity index (χ1n) is 8.31. The van der Waals surface area contributed by atoms with Gasteiger partial charge in [0.05, 0.1) is 5.70 Å². The molecule has 0 heterocycles. The SMILES string of the molecule is C=CC[C@@]1(Cl)C(=O)C(Cl)=C(NC[C@H](O)COc2ccccc2)C1(OC)OC. The van der Waals surface area contributed by atoms with E-state index in [0.29, 0.717) is 5.75 Å². The zero-order chi connectivity index (χ0) is 20.1. The smallest absolute Gasteiger partial charge is 0.238 e. The molecule has 0 amide bonds. The van der Waals surface area contributed by atoms with Gasteiger partial charge in [-0.1, -0.05) is 35.9 Å². The molecule has 27 heavy (non-hydrogen) atoms. The summed E-state index contributed by atoms with van der Waals surface area (Å²) in [6, 6.07) is 9.10. The zero-order valence-corrected chi connectivity index (χ0v) is 16.7. The fraction of sp³-hybridized carbons (Fsp3) is 0.421. The fourth-order valence-electron chi connectivity index (χ4n) is 3.00. The van der Waals surface area contributed by atoms with Crippen molar-refractivity contribution in [1.29, 1.82) is 0 Å². The van der Waals surface area contributed by atoms with Gasteiger partial charge in [-0.15, -0.1) is 18.2 Å². The number of rotatable bonds is 10. The Kier molecular flexibility index (Phi) is 7.31. The summed E-state index contributed by atoms with van der Waals surface area (Å²) in [5.41, 5.74) is 0.162. The molecule has 0 spiro atoms. The predicted octanol–water partition coefficient (Wildman–Crippen LogP) is 2.59. The minimum absolute atomic E-state index is 0.0429. The van der Waals surface area contributed by atoms with Crippen molar-refractivity contribution in [2.24, 2.45) is 0 Å². The Balaban J connectivity index is 2.11. The van der Waals surface area contributed by atoms with Gasteiger partial charge in [0.1, 0.15) is 23.5 Å². The van der Waals surface area contributed by atoms with E-state index in [4.69, 9.17) is 37.4 Å². The summed E-state index contributed by atoms with van der Waals surface area (Å²) in [5.74, 6) is -1.53. The first-order valence-corrected chi connectivity index (χ1v) is 9.06. The monoisotopic (exact) mass is 415 g/mol. The highest BCUT2D eigenvalue weighted by Crippen LogP contribution is 2.50. The van der Waals surface area contributed by atoms with Crippen molar-refractivity contribution < 1.29 is 24.1 Å². The Morgan fingerprint density at radius 1 is 1.30 bits per heavy atom. The molecule has 0 aliphatic heterocycles.